The fourth-order valence-electron chi connectivity index (χ4n) is 3.31. The molecule has 0 saturated carbocycles. The predicted octanol–water partition coefficient (Wildman–Crippen LogP) is 4.85. The van der Waals surface area contributed by atoms with Gasteiger partial charge in [0.2, 0.25) is 0 Å². The molecule has 2 heteroatoms. The lowest BCUT2D eigenvalue weighted by molar-refractivity contribution is 0.984. The van der Waals surface area contributed by atoms with E-state index in [9.17, 15) is 0 Å². The minimum absolute atomic E-state index is 1.02. The summed E-state index contributed by atoms with van der Waals surface area (Å²) in [6.45, 7) is 7.47. The summed E-state index contributed by atoms with van der Waals surface area (Å²) in [5.74, 6) is 1.13. The van der Waals surface area contributed by atoms with Crippen LogP contribution in [0.4, 0.5) is 11.5 Å². The average molecular weight is 288 g/mol. The zero-order chi connectivity index (χ0) is 15.3. The van der Waals surface area contributed by atoms with Gasteiger partial charge in [0.05, 0.1) is 5.52 Å². The highest BCUT2D eigenvalue weighted by Crippen LogP contribution is 2.36. The third kappa shape index (κ3) is 2.07. The van der Waals surface area contributed by atoms with Crippen molar-refractivity contribution in [3.05, 3.63) is 64.7 Å². The van der Waals surface area contributed by atoms with Crippen LogP contribution in [0.2, 0.25) is 0 Å². The Morgan fingerprint density at radius 3 is 2.55 bits per heavy atom. The summed E-state index contributed by atoms with van der Waals surface area (Å²) in [6, 6.07) is 15.5. The van der Waals surface area contributed by atoms with Crippen LogP contribution in [0.1, 0.15) is 22.3 Å². The van der Waals surface area contributed by atoms with Gasteiger partial charge in [-0.2, -0.15) is 0 Å². The van der Waals surface area contributed by atoms with Crippen molar-refractivity contribution in [1.82, 2.24) is 4.98 Å². The Hall–Kier alpha value is -2.35. The smallest absolute Gasteiger partial charge is 0.137 e. The molecular formula is C20H20N2. The first kappa shape index (κ1) is 13.3. The van der Waals surface area contributed by atoms with Crippen LogP contribution in [0.25, 0.3) is 10.9 Å². The molecule has 0 bridgehead atoms. The van der Waals surface area contributed by atoms with E-state index >= 15 is 0 Å². The Kier molecular flexibility index (Phi) is 2.93. The lowest BCUT2D eigenvalue weighted by Gasteiger charge is -2.21. The number of aryl methyl sites for hydroxylation is 3. The third-order valence-electron chi connectivity index (χ3n) is 4.55. The van der Waals surface area contributed by atoms with E-state index in [2.05, 4.69) is 68.1 Å². The van der Waals surface area contributed by atoms with Crippen molar-refractivity contribution in [3.63, 3.8) is 0 Å². The van der Waals surface area contributed by atoms with E-state index in [4.69, 9.17) is 4.98 Å². The molecule has 1 aliphatic rings. The molecule has 0 radical (unpaired) electrons. The Bertz CT molecular complexity index is 880. The van der Waals surface area contributed by atoms with Gasteiger partial charge in [-0.1, -0.05) is 24.3 Å². The monoisotopic (exact) mass is 288 g/mol. The van der Waals surface area contributed by atoms with Crippen molar-refractivity contribution >= 4 is 22.4 Å². The number of hydrogen-bond donors (Lipinski definition) is 0. The molecule has 0 amide bonds. The number of pyridine rings is 1. The molecule has 2 aromatic carbocycles. The molecule has 0 saturated heterocycles. The van der Waals surface area contributed by atoms with Crippen molar-refractivity contribution in [2.75, 3.05) is 11.4 Å². The van der Waals surface area contributed by atoms with Gasteiger partial charge in [-0.05, 0) is 67.6 Å². The molecule has 0 fully saturated rings. The fraction of sp³-hybridized carbons (Fsp3) is 0.250. The molecule has 2 heterocycles. The van der Waals surface area contributed by atoms with Crippen LogP contribution < -0.4 is 4.90 Å². The van der Waals surface area contributed by atoms with Crippen LogP contribution in [0.15, 0.2) is 42.5 Å². The van der Waals surface area contributed by atoms with Crippen molar-refractivity contribution in [3.8, 4) is 0 Å². The van der Waals surface area contributed by atoms with Gasteiger partial charge in [-0.15, -0.1) is 0 Å². The minimum atomic E-state index is 1.02. The Balaban J connectivity index is 1.89. The summed E-state index contributed by atoms with van der Waals surface area (Å²) in [6.07, 6.45) is 1.07. The van der Waals surface area contributed by atoms with Gasteiger partial charge >= 0.3 is 0 Å². The number of aromatic nitrogens is 1. The molecule has 110 valence electrons. The first-order chi connectivity index (χ1) is 10.6. The van der Waals surface area contributed by atoms with Gasteiger partial charge in [0.1, 0.15) is 5.82 Å². The highest BCUT2D eigenvalue weighted by atomic mass is 15.2. The van der Waals surface area contributed by atoms with Crippen LogP contribution in [0.5, 0.6) is 0 Å². The summed E-state index contributed by atoms with van der Waals surface area (Å²) in [5.41, 5.74) is 7.61. The molecule has 0 N–H and O–H groups in total. The first-order valence-electron chi connectivity index (χ1n) is 7.87. The first-order valence-corrected chi connectivity index (χ1v) is 7.87. The van der Waals surface area contributed by atoms with E-state index in [1.807, 2.05) is 0 Å². The largest absolute Gasteiger partial charge is 0.326 e. The van der Waals surface area contributed by atoms with E-state index in [0.717, 1.165) is 24.3 Å². The molecule has 0 aliphatic carbocycles. The standard InChI is InChI=1S/C20H20N2/c1-13-5-7-16-12-17-8-9-22(20(17)21-18(16)10-13)19-11-14(2)4-6-15(19)3/h4-7,10-12H,8-9H2,1-3H3. The Morgan fingerprint density at radius 1 is 0.909 bits per heavy atom. The van der Waals surface area contributed by atoms with Gasteiger partial charge < -0.3 is 4.90 Å². The SMILES string of the molecule is Cc1ccc(C)c(N2CCc3cc4ccc(C)cc4nc32)c1. The normalized spacial score (nSPS) is 13.7. The quantitative estimate of drug-likeness (QED) is 0.636. The molecule has 0 unspecified atom stereocenters. The highest BCUT2D eigenvalue weighted by Gasteiger charge is 2.23. The average Bonchev–Trinajstić information content (AvgIpc) is 2.90. The molecule has 0 spiro atoms. The lowest BCUT2D eigenvalue weighted by atomic mass is 10.1. The topological polar surface area (TPSA) is 16.1 Å². The molecular weight excluding hydrogens is 268 g/mol. The summed E-state index contributed by atoms with van der Waals surface area (Å²) < 4.78 is 0. The highest BCUT2D eigenvalue weighted by molar-refractivity contribution is 5.84. The number of rotatable bonds is 1. The van der Waals surface area contributed by atoms with E-state index < -0.39 is 0 Å². The van der Waals surface area contributed by atoms with Gasteiger partial charge in [0.25, 0.3) is 0 Å². The van der Waals surface area contributed by atoms with Gasteiger partial charge in [0, 0.05) is 17.6 Å². The summed E-state index contributed by atoms with van der Waals surface area (Å²) in [7, 11) is 0. The molecule has 22 heavy (non-hydrogen) atoms. The van der Waals surface area contributed by atoms with E-state index in [-0.39, 0.29) is 0 Å². The van der Waals surface area contributed by atoms with Crippen LogP contribution in [-0.4, -0.2) is 11.5 Å². The second kappa shape index (κ2) is 4.84. The number of hydrogen-bond acceptors (Lipinski definition) is 2. The van der Waals surface area contributed by atoms with Gasteiger partial charge in [0.15, 0.2) is 0 Å². The molecule has 0 atom stereocenters. The maximum absolute atomic E-state index is 4.97. The molecule has 3 aromatic rings. The zero-order valence-corrected chi connectivity index (χ0v) is 13.4. The Morgan fingerprint density at radius 2 is 1.68 bits per heavy atom. The minimum Gasteiger partial charge on any atom is -0.326 e. The number of anilines is 2. The second-order valence-electron chi connectivity index (χ2n) is 6.36. The molecule has 2 nitrogen and oxygen atoms in total. The summed E-state index contributed by atoms with van der Waals surface area (Å²) >= 11 is 0. The van der Waals surface area contributed by atoms with Crippen LogP contribution in [0.3, 0.4) is 0 Å². The zero-order valence-electron chi connectivity index (χ0n) is 13.4. The fourth-order valence-corrected chi connectivity index (χ4v) is 3.31. The molecule has 4 rings (SSSR count). The Labute approximate surface area is 131 Å². The lowest BCUT2D eigenvalue weighted by Crippen LogP contribution is -2.15. The predicted molar refractivity (Wildman–Crippen MR) is 93.1 cm³/mol. The van der Waals surface area contributed by atoms with Crippen molar-refractivity contribution < 1.29 is 0 Å². The van der Waals surface area contributed by atoms with Gasteiger partial charge in [-0.3, -0.25) is 0 Å². The summed E-state index contributed by atoms with van der Waals surface area (Å²) in [4.78, 5) is 7.35. The van der Waals surface area contributed by atoms with Crippen LogP contribution >= 0.6 is 0 Å². The van der Waals surface area contributed by atoms with Crippen LogP contribution in [-0.2, 0) is 6.42 Å². The second-order valence-corrected chi connectivity index (χ2v) is 6.36. The number of fused-ring (bicyclic) bond motifs is 2. The number of nitrogens with zero attached hydrogens (tertiary/aromatic N) is 2. The maximum Gasteiger partial charge on any atom is 0.137 e. The molecule has 1 aliphatic heterocycles. The van der Waals surface area contributed by atoms with Crippen molar-refractivity contribution in [1.29, 1.82) is 0 Å². The number of benzene rings is 2. The van der Waals surface area contributed by atoms with E-state index in [0.29, 0.717) is 0 Å². The van der Waals surface area contributed by atoms with Crippen molar-refractivity contribution in [2.24, 2.45) is 0 Å². The van der Waals surface area contributed by atoms with Gasteiger partial charge in [-0.25, -0.2) is 4.98 Å². The van der Waals surface area contributed by atoms with E-state index in [1.165, 1.54) is 33.3 Å². The van der Waals surface area contributed by atoms with Crippen LogP contribution in [0, 0.1) is 20.8 Å². The van der Waals surface area contributed by atoms with Crippen molar-refractivity contribution in [2.45, 2.75) is 27.2 Å². The molecule has 1 aromatic heterocycles. The summed E-state index contributed by atoms with van der Waals surface area (Å²) in [5, 5.41) is 1.24. The van der Waals surface area contributed by atoms with E-state index in [1.54, 1.807) is 0 Å². The third-order valence-corrected chi connectivity index (χ3v) is 4.55. The maximum atomic E-state index is 4.97.